The van der Waals surface area contributed by atoms with E-state index in [1.54, 1.807) is 4.90 Å². The van der Waals surface area contributed by atoms with Crippen molar-refractivity contribution in [2.75, 3.05) is 24.5 Å². The van der Waals surface area contributed by atoms with Crippen LogP contribution < -0.4 is 21.9 Å². The molecule has 15 heavy (non-hydrogen) atoms. The Morgan fingerprint density at radius 3 is 2.73 bits per heavy atom. The van der Waals surface area contributed by atoms with E-state index in [0.29, 0.717) is 19.6 Å². The third kappa shape index (κ3) is 2.91. The van der Waals surface area contributed by atoms with E-state index < -0.39 is 11.2 Å². The fourth-order valence-electron chi connectivity index (χ4n) is 1.25. The van der Waals surface area contributed by atoms with E-state index in [9.17, 15) is 9.59 Å². The van der Waals surface area contributed by atoms with Gasteiger partial charge in [-0.25, -0.2) is 9.89 Å². The van der Waals surface area contributed by atoms with Crippen LogP contribution in [-0.4, -0.2) is 34.8 Å². The van der Waals surface area contributed by atoms with E-state index >= 15 is 0 Å². The summed E-state index contributed by atoms with van der Waals surface area (Å²) >= 11 is 0. The summed E-state index contributed by atoms with van der Waals surface area (Å²) in [5.74, 6) is 0.227. The van der Waals surface area contributed by atoms with Gasteiger partial charge in [0.15, 0.2) is 0 Å². The highest BCUT2D eigenvalue weighted by atomic mass is 16.2. The van der Waals surface area contributed by atoms with Crippen LogP contribution in [-0.2, 0) is 0 Å². The second-order valence-electron chi connectivity index (χ2n) is 3.05. The molecule has 0 aliphatic heterocycles. The predicted molar refractivity (Wildman–Crippen MR) is 57.0 cm³/mol. The van der Waals surface area contributed by atoms with Gasteiger partial charge in [0, 0.05) is 13.1 Å². The van der Waals surface area contributed by atoms with Gasteiger partial charge in [0.1, 0.15) is 0 Å². The molecule has 1 aromatic heterocycles. The first kappa shape index (κ1) is 11.4. The zero-order chi connectivity index (χ0) is 11.3. The van der Waals surface area contributed by atoms with Crippen LogP contribution in [0.25, 0.3) is 0 Å². The molecule has 84 valence electrons. The number of H-pyrrole nitrogens is 2. The van der Waals surface area contributed by atoms with Gasteiger partial charge in [-0.2, -0.15) is 0 Å². The van der Waals surface area contributed by atoms with Crippen LogP contribution in [0.4, 0.5) is 5.82 Å². The molecule has 0 amide bonds. The third-order valence-electron chi connectivity index (χ3n) is 2.01. The minimum absolute atomic E-state index is 0.227. The van der Waals surface area contributed by atoms with E-state index in [0.717, 1.165) is 6.42 Å². The van der Waals surface area contributed by atoms with Crippen LogP contribution in [0.5, 0.6) is 0 Å². The molecule has 4 N–H and O–H groups in total. The molecule has 1 aromatic rings. The largest absolute Gasteiger partial charge is 0.351 e. The summed E-state index contributed by atoms with van der Waals surface area (Å²) in [6.45, 7) is 3.75. The maximum Gasteiger partial charge on any atom is 0.342 e. The Bertz CT molecular complexity index is 410. The van der Waals surface area contributed by atoms with E-state index in [4.69, 9.17) is 5.73 Å². The lowest BCUT2D eigenvalue weighted by Gasteiger charge is -2.19. The van der Waals surface area contributed by atoms with Gasteiger partial charge in [0.05, 0.1) is 0 Å². The minimum atomic E-state index is -0.598. The van der Waals surface area contributed by atoms with E-state index in [1.807, 2.05) is 6.92 Å². The summed E-state index contributed by atoms with van der Waals surface area (Å²) in [5, 5.41) is 5.90. The van der Waals surface area contributed by atoms with Crippen LogP contribution in [0.2, 0.25) is 0 Å². The van der Waals surface area contributed by atoms with Crippen LogP contribution in [0.3, 0.4) is 0 Å². The van der Waals surface area contributed by atoms with E-state index in [-0.39, 0.29) is 5.82 Å². The summed E-state index contributed by atoms with van der Waals surface area (Å²) < 4.78 is 0. The smallest absolute Gasteiger partial charge is 0.342 e. The van der Waals surface area contributed by atoms with Crippen LogP contribution in [0.1, 0.15) is 13.3 Å². The van der Waals surface area contributed by atoms with E-state index in [2.05, 4.69) is 15.2 Å². The van der Waals surface area contributed by atoms with Gasteiger partial charge in [-0.05, 0) is 19.9 Å². The maximum atomic E-state index is 11.4. The Labute approximate surface area is 86.3 Å². The third-order valence-corrected chi connectivity index (χ3v) is 2.01. The molecule has 0 unspecified atom stereocenters. The second-order valence-corrected chi connectivity index (χ2v) is 3.05. The first-order valence-corrected chi connectivity index (χ1v) is 4.83. The highest BCUT2D eigenvalue weighted by molar-refractivity contribution is 5.33. The first-order chi connectivity index (χ1) is 7.19. The number of aromatic nitrogens is 3. The molecule has 0 fully saturated rings. The second kappa shape index (κ2) is 5.30. The van der Waals surface area contributed by atoms with Gasteiger partial charge in [-0.3, -0.25) is 9.78 Å². The molecule has 1 heterocycles. The van der Waals surface area contributed by atoms with Crippen molar-refractivity contribution in [2.24, 2.45) is 5.73 Å². The molecule has 0 spiro atoms. The van der Waals surface area contributed by atoms with Crippen molar-refractivity contribution in [2.45, 2.75) is 13.3 Å². The van der Waals surface area contributed by atoms with Crippen molar-refractivity contribution >= 4 is 5.82 Å². The molecule has 0 bridgehead atoms. The quantitative estimate of drug-likeness (QED) is 0.559. The molecular formula is C8H15N5O2. The zero-order valence-corrected chi connectivity index (χ0v) is 8.62. The molecular weight excluding hydrogens is 198 g/mol. The Morgan fingerprint density at radius 1 is 1.47 bits per heavy atom. The van der Waals surface area contributed by atoms with Crippen molar-refractivity contribution in [3.05, 3.63) is 20.8 Å². The lowest BCUT2D eigenvalue weighted by Crippen LogP contribution is -2.35. The van der Waals surface area contributed by atoms with Gasteiger partial charge >= 0.3 is 5.69 Å². The van der Waals surface area contributed by atoms with E-state index in [1.165, 1.54) is 0 Å². The minimum Gasteiger partial charge on any atom is -0.351 e. The number of anilines is 1. The number of hydrogen-bond acceptors (Lipinski definition) is 5. The number of hydrogen-bond donors (Lipinski definition) is 3. The summed E-state index contributed by atoms with van der Waals surface area (Å²) in [6.07, 6.45) is 0.772. The first-order valence-electron chi connectivity index (χ1n) is 4.83. The van der Waals surface area contributed by atoms with Crippen molar-refractivity contribution in [3.8, 4) is 0 Å². The topological polar surface area (TPSA) is 108 Å². The number of nitrogens with two attached hydrogens (primary N) is 1. The normalized spacial score (nSPS) is 10.3. The Kier molecular flexibility index (Phi) is 4.04. The Morgan fingerprint density at radius 2 is 2.20 bits per heavy atom. The highest BCUT2D eigenvalue weighted by Crippen LogP contribution is 2.00. The fraction of sp³-hybridized carbons (Fsp3) is 0.625. The van der Waals surface area contributed by atoms with Crippen LogP contribution >= 0.6 is 0 Å². The lowest BCUT2D eigenvalue weighted by molar-refractivity contribution is 0.722. The van der Waals surface area contributed by atoms with Crippen LogP contribution in [0.15, 0.2) is 9.59 Å². The Hall–Kier alpha value is -1.63. The summed E-state index contributed by atoms with van der Waals surface area (Å²) in [6, 6.07) is 0. The summed E-state index contributed by atoms with van der Waals surface area (Å²) in [4.78, 5) is 26.0. The number of nitrogens with zero attached hydrogens (tertiary/aromatic N) is 2. The molecule has 0 radical (unpaired) electrons. The maximum absolute atomic E-state index is 11.4. The molecule has 0 saturated carbocycles. The fourth-order valence-corrected chi connectivity index (χ4v) is 1.25. The SMILES string of the molecule is CCN(CCCN)c1n[nH]c(=O)[nH]c1=O. The highest BCUT2D eigenvalue weighted by Gasteiger charge is 2.09. The standard InChI is InChI=1S/C8H15N5O2/c1-2-13(5-3-4-9)6-7(14)10-8(15)12-11-6/h2-5,9H2,1H3,(H2,10,12,14,15). The predicted octanol–water partition coefficient (Wildman–Crippen LogP) is -1.37. The number of nitrogens with one attached hydrogen (secondary N) is 2. The number of aromatic amines is 2. The molecule has 0 aliphatic rings. The van der Waals surface area contributed by atoms with Crippen molar-refractivity contribution in [3.63, 3.8) is 0 Å². The molecule has 7 nitrogen and oxygen atoms in total. The van der Waals surface area contributed by atoms with Crippen LogP contribution in [0, 0.1) is 0 Å². The van der Waals surface area contributed by atoms with Gasteiger partial charge < -0.3 is 10.6 Å². The molecule has 7 heteroatoms. The molecule has 1 rings (SSSR count). The van der Waals surface area contributed by atoms with Crippen molar-refractivity contribution in [1.82, 2.24) is 15.2 Å². The molecule has 0 aliphatic carbocycles. The molecule has 0 aromatic carbocycles. The molecule has 0 atom stereocenters. The lowest BCUT2D eigenvalue weighted by atomic mass is 10.4. The Balaban J connectivity index is 2.91. The van der Waals surface area contributed by atoms with Gasteiger partial charge in [-0.1, -0.05) is 0 Å². The summed E-state index contributed by atoms with van der Waals surface area (Å²) in [7, 11) is 0. The van der Waals surface area contributed by atoms with Crippen molar-refractivity contribution in [1.29, 1.82) is 0 Å². The van der Waals surface area contributed by atoms with Gasteiger partial charge in [-0.15, -0.1) is 5.10 Å². The van der Waals surface area contributed by atoms with Gasteiger partial charge in [0.25, 0.3) is 5.56 Å². The zero-order valence-electron chi connectivity index (χ0n) is 8.62. The van der Waals surface area contributed by atoms with Gasteiger partial charge in [0.2, 0.25) is 5.82 Å². The molecule has 0 saturated heterocycles. The monoisotopic (exact) mass is 213 g/mol. The average Bonchev–Trinajstić information content (AvgIpc) is 2.21. The van der Waals surface area contributed by atoms with Crippen molar-refractivity contribution < 1.29 is 0 Å². The average molecular weight is 213 g/mol. The number of rotatable bonds is 5. The summed E-state index contributed by atoms with van der Waals surface area (Å²) in [5.41, 5.74) is 4.31.